The highest BCUT2D eigenvalue weighted by Crippen LogP contribution is 2.36. The van der Waals surface area contributed by atoms with E-state index in [0.717, 1.165) is 25.4 Å². The Morgan fingerprint density at radius 2 is 1.71 bits per heavy atom. The minimum absolute atomic E-state index is 0.139. The number of amides is 2. The molecule has 1 saturated carbocycles. The van der Waals surface area contributed by atoms with Crippen LogP contribution in [0.3, 0.4) is 0 Å². The number of carbonyl (C=O) groups is 2. The molecule has 21 heavy (non-hydrogen) atoms. The first-order valence-electron chi connectivity index (χ1n) is 8.02. The summed E-state index contributed by atoms with van der Waals surface area (Å²) in [5, 5.41) is 18.9. The van der Waals surface area contributed by atoms with Crippen LogP contribution in [0.2, 0.25) is 0 Å². The lowest BCUT2D eigenvalue weighted by molar-refractivity contribution is -0.141. The second-order valence-electron chi connectivity index (χ2n) is 6.72. The molecule has 3 aliphatic rings. The van der Waals surface area contributed by atoms with Crippen LogP contribution in [0.25, 0.3) is 0 Å². The Morgan fingerprint density at radius 1 is 1.00 bits per heavy atom. The second kappa shape index (κ2) is 5.83. The molecule has 1 aliphatic carbocycles. The summed E-state index contributed by atoms with van der Waals surface area (Å²) < 4.78 is 0. The molecule has 2 aliphatic heterocycles. The highest BCUT2D eigenvalue weighted by Gasteiger charge is 2.42. The zero-order valence-corrected chi connectivity index (χ0v) is 12.3. The molecule has 6 heteroatoms. The number of carboxylic acid groups (broad SMARTS) is 1. The largest absolute Gasteiger partial charge is 0.480 e. The molecule has 0 spiro atoms. The molecule has 0 bridgehead atoms. The number of likely N-dealkylation sites (tertiary alicyclic amines) is 2. The Labute approximate surface area is 124 Å². The summed E-state index contributed by atoms with van der Waals surface area (Å²) in [4.78, 5) is 27.0. The van der Waals surface area contributed by atoms with E-state index in [0.29, 0.717) is 5.92 Å². The second-order valence-corrected chi connectivity index (χ2v) is 6.72. The van der Waals surface area contributed by atoms with Crippen molar-refractivity contribution in [2.24, 2.45) is 11.8 Å². The smallest absolute Gasteiger partial charge is 0.326 e. The molecule has 0 aromatic heterocycles. The first-order chi connectivity index (χ1) is 10.1. The van der Waals surface area contributed by atoms with Gasteiger partial charge in [0, 0.05) is 26.1 Å². The molecule has 2 N–H and O–H groups in total. The Balaban J connectivity index is 1.66. The van der Waals surface area contributed by atoms with E-state index in [4.69, 9.17) is 0 Å². The summed E-state index contributed by atoms with van der Waals surface area (Å²) in [7, 11) is 0. The van der Waals surface area contributed by atoms with Gasteiger partial charge in [0.05, 0.1) is 6.10 Å². The van der Waals surface area contributed by atoms with E-state index in [-0.39, 0.29) is 19.0 Å². The number of fused-ring (bicyclic) bond motifs is 1. The van der Waals surface area contributed by atoms with Crippen LogP contribution < -0.4 is 0 Å². The van der Waals surface area contributed by atoms with E-state index in [1.54, 1.807) is 4.90 Å². The van der Waals surface area contributed by atoms with Crippen molar-refractivity contribution in [3.8, 4) is 0 Å². The fraction of sp³-hybridized carbons (Fsp3) is 0.867. The van der Waals surface area contributed by atoms with Crippen LogP contribution >= 0.6 is 0 Å². The van der Waals surface area contributed by atoms with Crippen LogP contribution in [-0.2, 0) is 4.79 Å². The third-order valence-electron chi connectivity index (χ3n) is 5.37. The lowest BCUT2D eigenvalue weighted by Gasteiger charge is -2.42. The molecule has 4 atom stereocenters. The summed E-state index contributed by atoms with van der Waals surface area (Å²) in [5.74, 6) is 0.293. The monoisotopic (exact) mass is 296 g/mol. The van der Waals surface area contributed by atoms with Crippen LogP contribution in [0.4, 0.5) is 4.79 Å². The quantitative estimate of drug-likeness (QED) is 0.760. The fourth-order valence-corrected chi connectivity index (χ4v) is 4.22. The zero-order valence-electron chi connectivity index (χ0n) is 12.3. The summed E-state index contributed by atoms with van der Waals surface area (Å²) in [6, 6.07) is -1.08. The molecular weight excluding hydrogens is 272 g/mol. The molecule has 0 aromatic rings. The number of β-amino-alcohol motifs (C(OH)–C–C–N with tert-alkyl or cyclic N) is 1. The van der Waals surface area contributed by atoms with Gasteiger partial charge >= 0.3 is 12.0 Å². The molecule has 0 aromatic carbocycles. The van der Waals surface area contributed by atoms with Crippen LogP contribution in [0.15, 0.2) is 0 Å². The average Bonchev–Trinajstić information content (AvgIpc) is 2.88. The van der Waals surface area contributed by atoms with Crippen molar-refractivity contribution < 1.29 is 19.8 Å². The molecule has 2 amide bonds. The van der Waals surface area contributed by atoms with Gasteiger partial charge in [0.15, 0.2) is 0 Å². The lowest BCUT2D eigenvalue weighted by Crippen LogP contribution is -2.52. The van der Waals surface area contributed by atoms with E-state index < -0.39 is 18.1 Å². The van der Waals surface area contributed by atoms with Gasteiger partial charge in [0.2, 0.25) is 0 Å². The van der Waals surface area contributed by atoms with Crippen molar-refractivity contribution >= 4 is 12.0 Å². The van der Waals surface area contributed by atoms with Gasteiger partial charge in [0.25, 0.3) is 0 Å². The third kappa shape index (κ3) is 2.86. The van der Waals surface area contributed by atoms with Crippen molar-refractivity contribution in [1.29, 1.82) is 0 Å². The predicted molar refractivity (Wildman–Crippen MR) is 75.8 cm³/mol. The van der Waals surface area contributed by atoms with Gasteiger partial charge in [-0.2, -0.15) is 0 Å². The normalized spacial score (nSPS) is 36.4. The molecule has 2 saturated heterocycles. The van der Waals surface area contributed by atoms with Crippen molar-refractivity contribution in [3.05, 3.63) is 0 Å². The predicted octanol–water partition coefficient (Wildman–Crippen LogP) is 1.14. The number of urea groups is 1. The maximum absolute atomic E-state index is 12.6. The Bertz CT molecular complexity index is 428. The molecule has 3 rings (SSSR count). The van der Waals surface area contributed by atoms with E-state index >= 15 is 0 Å². The van der Waals surface area contributed by atoms with Gasteiger partial charge in [-0.15, -0.1) is 0 Å². The van der Waals surface area contributed by atoms with E-state index in [1.165, 1.54) is 30.6 Å². The number of hydrogen-bond donors (Lipinski definition) is 2. The Hall–Kier alpha value is -1.30. The van der Waals surface area contributed by atoms with Gasteiger partial charge in [-0.1, -0.05) is 19.3 Å². The third-order valence-corrected chi connectivity index (χ3v) is 5.37. The van der Waals surface area contributed by atoms with Crippen molar-refractivity contribution in [3.63, 3.8) is 0 Å². The van der Waals surface area contributed by atoms with Crippen molar-refractivity contribution in [2.45, 2.75) is 50.7 Å². The van der Waals surface area contributed by atoms with Gasteiger partial charge in [-0.05, 0) is 24.7 Å². The van der Waals surface area contributed by atoms with E-state index in [9.17, 15) is 19.8 Å². The number of hydrogen-bond acceptors (Lipinski definition) is 3. The molecular formula is C15H24N2O4. The van der Waals surface area contributed by atoms with Gasteiger partial charge < -0.3 is 20.0 Å². The molecule has 3 unspecified atom stereocenters. The van der Waals surface area contributed by atoms with Gasteiger partial charge in [-0.3, -0.25) is 0 Å². The van der Waals surface area contributed by atoms with Gasteiger partial charge in [-0.25, -0.2) is 9.59 Å². The number of aliphatic hydroxyl groups excluding tert-OH is 1. The number of rotatable bonds is 1. The highest BCUT2D eigenvalue weighted by atomic mass is 16.4. The fourth-order valence-electron chi connectivity index (χ4n) is 4.22. The number of aliphatic carboxylic acids is 1. The Kier molecular flexibility index (Phi) is 4.06. The average molecular weight is 296 g/mol. The van der Waals surface area contributed by atoms with Crippen LogP contribution in [0.1, 0.15) is 38.5 Å². The summed E-state index contributed by atoms with van der Waals surface area (Å²) in [6.07, 6.45) is 5.44. The summed E-state index contributed by atoms with van der Waals surface area (Å²) in [6.45, 7) is 1.61. The zero-order chi connectivity index (χ0) is 15.0. The van der Waals surface area contributed by atoms with Crippen LogP contribution in [-0.4, -0.2) is 63.8 Å². The molecule has 2 heterocycles. The highest BCUT2D eigenvalue weighted by molar-refractivity contribution is 5.83. The van der Waals surface area contributed by atoms with Crippen LogP contribution in [0, 0.1) is 11.8 Å². The maximum Gasteiger partial charge on any atom is 0.326 e. The SMILES string of the molecule is O=C(O)[C@@H]1CC(O)CN1C(=O)N1CCC2CCCCC2C1. The van der Waals surface area contributed by atoms with Crippen LogP contribution in [0.5, 0.6) is 0 Å². The first-order valence-corrected chi connectivity index (χ1v) is 8.02. The topological polar surface area (TPSA) is 81.1 Å². The number of aliphatic hydroxyl groups is 1. The Morgan fingerprint density at radius 3 is 2.43 bits per heavy atom. The number of nitrogens with zero attached hydrogens (tertiary/aromatic N) is 2. The van der Waals surface area contributed by atoms with Crippen molar-refractivity contribution in [1.82, 2.24) is 9.80 Å². The minimum Gasteiger partial charge on any atom is -0.480 e. The molecule has 3 fully saturated rings. The van der Waals surface area contributed by atoms with Crippen molar-refractivity contribution in [2.75, 3.05) is 19.6 Å². The van der Waals surface area contributed by atoms with E-state index in [1.807, 2.05) is 0 Å². The molecule has 118 valence electrons. The number of carboxylic acids is 1. The lowest BCUT2D eigenvalue weighted by atomic mass is 9.75. The van der Waals surface area contributed by atoms with Gasteiger partial charge in [0.1, 0.15) is 6.04 Å². The standard InChI is InChI=1S/C15H24N2O4/c18-12-7-13(14(19)20)17(9-12)15(21)16-6-5-10-3-1-2-4-11(10)8-16/h10-13,18H,1-9H2,(H,19,20)/t10?,11?,12?,13-/m0/s1. The molecule has 6 nitrogen and oxygen atoms in total. The minimum atomic E-state index is -1.02. The number of piperidine rings is 1. The summed E-state index contributed by atoms with van der Waals surface area (Å²) in [5.41, 5.74) is 0. The molecule has 0 radical (unpaired) electrons. The maximum atomic E-state index is 12.6. The van der Waals surface area contributed by atoms with E-state index in [2.05, 4.69) is 0 Å². The number of carbonyl (C=O) groups excluding carboxylic acids is 1. The first kappa shape index (κ1) is 14.6. The summed E-state index contributed by atoms with van der Waals surface area (Å²) >= 11 is 0.